The Labute approximate surface area is 163 Å². The van der Waals surface area contributed by atoms with E-state index in [4.69, 9.17) is 4.74 Å². The van der Waals surface area contributed by atoms with E-state index in [0.29, 0.717) is 23.6 Å². The van der Waals surface area contributed by atoms with Crippen LogP contribution in [0.5, 0.6) is 11.5 Å². The average molecular weight is 403 g/mol. The summed E-state index contributed by atoms with van der Waals surface area (Å²) in [4.78, 5) is 23.7. The van der Waals surface area contributed by atoms with Gasteiger partial charge in [-0.15, -0.1) is 0 Å². The standard InChI is InChI=1S/C19H21N3O5S/c23-18(12-20-19(24)22-15-10-11-28(25,26)13-15)21-14-6-8-17(9-7-14)27-16-4-2-1-3-5-16/h1-9,15H,10-13H2,(H,21,23)(H2,20,22,24). The molecule has 148 valence electrons. The largest absolute Gasteiger partial charge is 0.457 e. The zero-order chi connectivity index (χ0) is 20.0. The molecule has 0 aliphatic carbocycles. The summed E-state index contributed by atoms with van der Waals surface area (Å²) in [5, 5.41) is 7.64. The smallest absolute Gasteiger partial charge is 0.315 e. The lowest BCUT2D eigenvalue weighted by Gasteiger charge is -2.12. The Morgan fingerprint density at radius 1 is 1.00 bits per heavy atom. The molecule has 3 rings (SSSR count). The van der Waals surface area contributed by atoms with E-state index < -0.39 is 27.8 Å². The Morgan fingerprint density at radius 2 is 1.68 bits per heavy atom. The molecule has 1 fully saturated rings. The van der Waals surface area contributed by atoms with Crippen molar-refractivity contribution in [2.24, 2.45) is 0 Å². The van der Waals surface area contributed by atoms with Crippen molar-refractivity contribution < 1.29 is 22.7 Å². The monoisotopic (exact) mass is 403 g/mol. The van der Waals surface area contributed by atoms with Crippen LogP contribution in [-0.2, 0) is 14.6 Å². The molecule has 28 heavy (non-hydrogen) atoms. The highest BCUT2D eigenvalue weighted by Gasteiger charge is 2.28. The van der Waals surface area contributed by atoms with Crippen LogP contribution in [0.25, 0.3) is 0 Å². The molecule has 8 nitrogen and oxygen atoms in total. The number of hydrogen-bond donors (Lipinski definition) is 3. The van der Waals surface area contributed by atoms with Crippen LogP contribution in [0, 0.1) is 0 Å². The van der Waals surface area contributed by atoms with Crippen molar-refractivity contribution in [3.05, 3.63) is 54.6 Å². The van der Waals surface area contributed by atoms with Gasteiger partial charge in [-0.05, 0) is 42.8 Å². The Balaban J connectivity index is 1.41. The second-order valence-corrected chi connectivity index (χ2v) is 8.64. The van der Waals surface area contributed by atoms with Gasteiger partial charge < -0.3 is 20.7 Å². The average Bonchev–Trinajstić information content (AvgIpc) is 3.01. The van der Waals surface area contributed by atoms with E-state index in [1.54, 1.807) is 24.3 Å². The fraction of sp³-hybridized carbons (Fsp3) is 0.263. The van der Waals surface area contributed by atoms with E-state index in [0.717, 1.165) is 0 Å². The second kappa shape index (κ2) is 8.75. The number of para-hydroxylation sites is 1. The molecule has 1 atom stereocenters. The Hall–Kier alpha value is -3.07. The summed E-state index contributed by atoms with van der Waals surface area (Å²) in [7, 11) is -3.07. The Bertz CT molecular complexity index is 930. The molecule has 1 heterocycles. The fourth-order valence-electron chi connectivity index (χ4n) is 2.74. The van der Waals surface area contributed by atoms with Gasteiger partial charge in [0, 0.05) is 11.7 Å². The summed E-state index contributed by atoms with van der Waals surface area (Å²) in [5.74, 6) is 0.954. The molecule has 3 amide bonds. The van der Waals surface area contributed by atoms with E-state index in [1.807, 2.05) is 30.3 Å². The lowest BCUT2D eigenvalue weighted by Crippen LogP contribution is -2.45. The molecule has 0 bridgehead atoms. The van der Waals surface area contributed by atoms with E-state index in [-0.39, 0.29) is 18.1 Å². The summed E-state index contributed by atoms with van der Waals surface area (Å²) >= 11 is 0. The number of carbonyl (C=O) groups excluding carboxylic acids is 2. The van der Waals surface area contributed by atoms with Gasteiger partial charge in [0.15, 0.2) is 9.84 Å². The van der Waals surface area contributed by atoms with Crippen LogP contribution in [0.15, 0.2) is 54.6 Å². The van der Waals surface area contributed by atoms with Gasteiger partial charge in [-0.1, -0.05) is 18.2 Å². The molecule has 1 unspecified atom stereocenters. The minimum absolute atomic E-state index is 0.0655. The molecule has 9 heteroatoms. The van der Waals surface area contributed by atoms with E-state index in [2.05, 4.69) is 16.0 Å². The molecule has 1 aliphatic heterocycles. The number of amides is 3. The molecular formula is C19H21N3O5S. The van der Waals surface area contributed by atoms with Crippen molar-refractivity contribution >= 4 is 27.5 Å². The van der Waals surface area contributed by atoms with Gasteiger partial charge in [0.2, 0.25) is 5.91 Å². The predicted octanol–water partition coefficient (Wildman–Crippen LogP) is 1.90. The Morgan fingerprint density at radius 3 is 2.32 bits per heavy atom. The zero-order valence-electron chi connectivity index (χ0n) is 15.1. The van der Waals surface area contributed by atoms with Crippen molar-refractivity contribution in [3.8, 4) is 11.5 Å². The van der Waals surface area contributed by atoms with E-state index >= 15 is 0 Å². The van der Waals surface area contributed by atoms with Gasteiger partial charge >= 0.3 is 6.03 Å². The zero-order valence-corrected chi connectivity index (χ0v) is 15.9. The van der Waals surface area contributed by atoms with Gasteiger partial charge in [0.1, 0.15) is 11.5 Å². The minimum Gasteiger partial charge on any atom is -0.457 e. The van der Waals surface area contributed by atoms with Gasteiger partial charge in [-0.2, -0.15) is 0 Å². The summed E-state index contributed by atoms with van der Waals surface area (Å²) in [5.41, 5.74) is 0.564. The molecule has 3 N–H and O–H groups in total. The van der Waals surface area contributed by atoms with Crippen molar-refractivity contribution in [1.29, 1.82) is 0 Å². The molecule has 1 aliphatic rings. The van der Waals surface area contributed by atoms with Crippen LogP contribution in [0.1, 0.15) is 6.42 Å². The molecule has 2 aromatic rings. The number of urea groups is 1. The number of benzene rings is 2. The van der Waals surface area contributed by atoms with Crippen LogP contribution < -0.4 is 20.7 Å². The lowest BCUT2D eigenvalue weighted by molar-refractivity contribution is -0.115. The summed E-state index contributed by atoms with van der Waals surface area (Å²) < 4.78 is 28.4. The fourth-order valence-corrected chi connectivity index (χ4v) is 4.42. The molecule has 1 saturated heterocycles. The number of rotatable bonds is 6. The molecule has 0 spiro atoms. The first-order valence-electron chi connectivity index (χ1n) is 8.77. The first kappa shape index (κ1) is 19.7. The molecule has 0 radical (unpaired) electrons. The van der Waals surface area contributed by atoms with Crippen LogP contribution in [0.4, 0.5) is 10.5 Å². The van der Waals surface area contributed by atoms with E-state index in [1.165, 1.54) is 0 Å². The van der Waals surface area contributed by atoms with Crippen molar-refractivity contribution in [1.82, 2.24) is 10.6 Å². The van der Waals surface area contributed by atoms with Gasteiger partial charge in [-0.25, -0.2) is 13.2 Å². The highest BCUT2D eigenvalue weighted by Crippen LogP contribution is 2.22. The number of sulfone groups is 1. The molecule has 0 saturated carbocycles. The summed E-state index contributed by atoms with van der Waals surface area (Å²) in [6.07, 6.45) is 0.388. The molecular weight excluding hydrogens is 382 g/mol. The summed E-state index contributed by atoms with van der Waals surface area (Å²) in [6.45, 7) is -0.229. The maximum Gasteiger partial charge on any atom is 0.315 e. The van der Waals surface area contributed by atoms with Crippen molar-refractivity contribution in [3.63, 3.8) is 0 Å². The van der Waals surface area contributed by atoms with E-state index in [9.17, 15) is 18.0 Å². The first-order valence-corrected chi connectivity index (χ1v) is 10.6. The van der Waals surface area contributed by atoms with Gasteiger partial charge in [0.25, 0.3) is 0 Å². The highest BCUT2D eigenvalue weighted by molar-refractivity contribution is 7.91. The first-order chi connectivity index (χ1) is 13.4. The van der Waals surface area contributed by atoms with Crippen LogP contribution in [0.3, 0.4) is 0 Å². The van der Waals surface area contributed by atoms with Crippen molar-refractivity contribution in [2.45, 2.75) is 12.5 Å². The van der Waals surface area contributed by atoms with Crippen LogP contribution >= 0.6 is 0 Å². The number of nitrogens with one attached hydrogen (secondary N) is 3. The van der Waals surface area contributed by atoms with Gasteiger partial charge in [0.05, 0.1) is 18.1 Å². The second-order valence-electron chi connectivity index (χ2n) is 6.41. The van der Waals surface area contributed by atoms with Crippen molar-refractivity contribution in [2.75, 3.05) is 23.4 Å². The summed E-state index contributed by atoms with van der Waals surface area (Å²) in [6, 6.07) is 15.2. The minimum atomic E-state index is -3.07. The molecule has 2 aromatic carbocycles. The van der Waals surface area contributed by atoms with Gasteiger partial charge in [-0.3, -0.25) is 4.79 Å². The number of anilines is 1. The normalized spacial score (nSPS) is 17.5. The maximum absolute atomic E-state index is 12.0. The highest BCUT2D eigenvalue weighted by atomic mass is 32.2. The lowest BCUT2D eigenvalue weighted by atomic mass is 10.3. The SMILES string of the molecule is O=C(CNC(=O)NC1CCS(=O)(=O)C1)Nc1ccc(Oc2ccccc2)cc1. The number of carbonyl (C=O) groups is 2. The van der Waals surface area contributed by atoms with Crippen LogP contribution in [0.2, 0.25) is 0 Å². The predicted molar refractivity (Wildman–Crippen MR) is 105 cm³/mol. The Kier molecular flexibility index (Phi) is 6.15. The third kappa shape index (κ3) is 5.98. The third-order valence-electron chi connectivity index (χ3n) is 4.09. The maximum atomic E-state index is 12.0. The topological polar surface area (TPSA) is 114 Å². The quantitative estimate of drug-likeness (QED) is 0.682. The van der Waals surface area contributed by atoms with Crippen LogP contribution in [-0.4, -0.2) is 44.4 Å². The molecule has 0 aromatic heterocycles. The number of hydrogen-bond acceptors (Lipinski definition) is 5. The third-order valence-corrected chi connectivity index (χ3v) is 5.86. The number of ether oxygens (including phenoxy) is 1.